The van der Waals surface area contributed by atoms with Crippen molar-refractivity contribution in [1.82, 2.24) is 10.0 Å². The molecule has 5 rings (SSSR count). The SMILES string of the molecule is CC(C)NS(=O)(=O)c1ccc(C(=O)NC2C3CC4CC(C3)CC2C4)cc1. The number of nitrogens with one attached hydrogen (secondary N) is 2. The van der Waals surface area contributed by atoms with Crippen LogP contribution in [-0.4, -0.2) is 26.4 Å². The highest BCUT2D eigenvalue weighted by atomic mass is 32.2. The van der Waals surface area contributed by atoms with Gasteiger partial charge < -0.3 is 5.32 Å². The maximum atomic E-state index is 12.7. The second-order valence-electron chi connectivity index (χ2n) is 8.73. The molecule has 0 aromatic heterocycles. The summed E-state index contributed by atoms with van der Waals surface area (Å²) in [7, 11) is -3.52. The van der Waals surface area contributed by atoms with Crippen LogP contribution in [0.4, 0.5) is 0 Å². The van der Waals surface area contributed by atoms with Crippen LogP contribution in [0.25, 0.3) is 0 Å². The molecule has 4 fully saturated rings. The Balaban J connectivity index is 1.44. The van der Waals surface area contributed by atoms with E-state index < -0.39 is 10.0 Å². The van der Waals surface area contributed by atoms with E-state index in [1.54, 1.807) is 26.0 Å². The minimum atomic E-state index is -3.52. The average molecular weight is 377 g/mol. The Bertz CT molecular complexity index is 758. The van der Waals surface area contributed by atoms with Crippen LogP contribution >= 0.6 is 0 Å². The van der Waals surface area contributed by atoms with Crippen molar-refractivity contribution >= 4 is 15.9 Å². The number of rotatable bonds is 5. The highest BCUT2D eigenvalue weighted by Gasteiger charge is 2.48. The molecule has 4 aliphatic carbocycles. The minimum absolute atomic E-state index is 0.0803. The van der Waals surface area contributed by atoms with Crippen LogP contribution in [0.2, 0.25) is 0 Å². The predicted molar refractivity (Wildman–Crippen MR) is 100 cm³/mol. The van der Waals surface area contributed by atoms with Gasteiger partial charge in [-0.3, -0.25) is 4.79 Å². The van der Waals surface area contributed by atoms with E-state index in [2.05, 4.69) is 10.0 Å². The molecule has 0 radical (unpaired) electrons. The lowest BCUT2D eigenvalue weighted by molar-refractivity contribution is -0.0119. The zero-order valence-corrected chi connectivity index (χ0v) is 16.3. The minimum Gasteiger partial charge on any atom is -0.349 e. The molecule has 4 bridgehead atoms. The fraction of sp³-hybridized carbons (Fsp3) is 0.650. The summed E-state index contributed by atoms with van der Waals surface area (Å²) in [5, 5.41) is 3.26. The normalized spacial score (nSPS) is 32.8. The summed E-state index contributed by atoms with van der Waals surface area (Å²) < 4.78 is 26.9. The number of hydrogen-bond donors (Lipinski definition) is 2. The van der Waals surface area contributed by atoms with Crippen molar-refractivity contribution in [2.24, 2.45) is 23.7 Å². The summed E-state index contributed by atoms with van der Waals surface area (Å²) in [6.07, 6.45) is 6.44. The fourth-order valence-corrected chi connectivity index (χ4v) is 6.81. The molecule has 1 aromatic carbocycles. The monoisotopic (exact) mass is 376 g/mol. The fourth-order valence-electron chi connectivity index (χ4n) is 5.56. The third-order valence-electron chi connectivity index (χ3n) is 6.34. The van der Waals surface area contributed by atoms with E-state index in [0.29, 0.717) is 23.4 Å². The third kappa shape index (κ3) is 3.41. The topological polar surface area (TPSA) is 75.3 Å². The Morgan fingerprint density at radius 1 is 0.962 bits per heavy atom. The van der Waals surface area contributed by atoms with Gasteiger partial charge in [0.05, 0.1) is 4.90 Å². The molecule has 142 valence electrons. The van der Waals surface area contributed by atoms with E-state index >= 15 is 0 Å². The van der Waals surface area contributed by atoms with Crippen molar-refractivity contribution < 1.29 is 13.2 Å². The molecule has 0 spiro atoms. The molecule has 4 saturated carbocycles. The molecular formula is C20H28N2O3S. The molecule has 0 unspecified atom stereocenters. The first kappa shape index (κ1) is 18.0. The maximum absolute atomic E-state index is 12.7. The van der Waals surface area contributed by atoms with Crippen molar-refractivity contribution in [2.75, 3.05) is 0 Å². The van der Waals surface area contributed by atoms with E-state index in [1.807, 2.05) is 0 Å². The van der Waals surface area contributed by atoms with E-state index in [-0.39, 0.29) is 16.8 Å². The van der Waals surface area contributed by atoms with Crippen LogP contribution < -0.4 is 10.0 Å². The van der Waals surface area contributed by atoms with Crippen LogP contribution in [-0.2, 0) is 10.0 Å². The number of sulfonamides is 1. The quantitative estimate of drug-likeness (QED) is 0.830. The largest absolute Gasteiger partial charge is 0.349 e. The number of hydrogen-bond acceptors (Lipinski definition) is 3. The van der Waals surface area contributed by atoms with Crippen LogP contribution in [0, 0.1) is 23.7 Å². The molecule has 26 heavy (non-hydrogen) atoms. The lowest BCUT2D eigenvalue weighted by Crippen LogP contribution is -2.55. The van der Waals surface area contributed by atoms with Gasteiger partial charge in [-0.25, -0.2) is 13.1 Å². The Morgan fingerprint density at radius 3 is 2.00 bits per heavy atom. The molecule has 0 atom stereocenters. The van der Waals surface area contributed by atoms with E-state index in [4.69, 9.17) is 0 Å². The van der Waals surface area contributed by atoms with Crippen LogP contribution in [0.3, 0.4) is 0 Å². The number of benzene rings is 1. The molecule has 0 saturated heterocycles. The summed E-state index contributed by atoms with van der Waals surface area (Å²) in [5.41, 5.74) is 0.530. The molecule has 2 N–H and O–H groups in total. The average Bonchev–Trinajstić information content (AvgIpc) is 2.56. The molecule has 0 aliphatic heterocycles. The van der Waals surface area contributed by atoms with Gasteiger partial charge in [0.1, 0.15) is 0 Å². The highest BCUT2D eigenvalue weighted by molar-refractivity contribution is 7.89. The first-order chi connectivity index (χ1) is 12.3. The Kier molecular flexibility index (Phi) is 4.59. The molecule has 1 aromatic rings. The second-order valence-corrected chi connectivity index (χ2v) is 10.4. The van der Waals surface area contributed by atoms with Gasteiger partial charge in [-0.2, -0.15) is 0 Å². The predicted octanol–water partition coefficient (Wildman–Crippen LogP) is 2.93. The van der Waals surface area contributed by atoms with Gasteiger partial charge in [-0.05, 0) is 93.9 Å². The van der Waals surface area contributed by atoms with E-state index in [0.717, 1.165) is 11.8 Å². The van der Waals surface area contributed by atoms with Crippen LogP contribution in [0.5, 0.6) is 0 Å². The number of carbonyl (C=O) groups excluding carboxylic acids is 1. The van der Waals surface area contributed by atoms with Gasteiger partial charge in [0.15, 0.2) is 0 Å². The van der Waals surface area contributed by atoms with E-state index in [1.165, 1.54) is 44.2 Å². The molecular weight excluding hydrogens is 348 g/mol. The van der Waals surface area contributed by atoms with Gasteiger partial charge in [-0.1, -0.05) is 0 Å². The van der Waals surface area contributed by atoms with Crippen molar-refractivity contribution in [1.29, 1.82) is 0 Å². The van der Waals surface area contributed by atoms with Crippen LogP contribution in [0.1, 0.15) is 56.3 Å². The first-order valence-corrected chi connectivity index (χ1v) is 11.2. The Hall–Kier alpha value is -1.40. The highest BCUT2D eigenvalue weighted by Crippen LogP contribution is 2.53. The van der Waals surface area contributed by atoms with Gasteiger partial charge in [0.25, 0.3) is 5.91 Å². The van der Waals surface area contributed by atoms with Gasteiger partial charge in [0, 0.05) is 17.6 Å². The first-order valence-electron chi connectivity index (χ1n) is 9.75. The smallest absolute Gasteiger partial charge is 0.251 e. The lowest BCUT2D eigenvalue weighted by Gasteiger charge is -2.54. The Morgan fingerprint density at radius 2 is 1.50 bits per heavy atom. The summed E-state index contributed by atoms with van der Waals surface area (Å²) in [6.45, 7) is 3.56. The van der Waals surface area contributed by atoms with Crippen molar-refractivity contribution in [2.45, 2.75) is 62.9 Å². The lowest BCUT2D eigenvalue weighted by atomic mass is 9.54. The van der Waals surface area contributed by atoms with Gasteiger partial charge in [-0.15, -0.1) is 0 Å². The molecule has 6 heteroatoms. The number of amides is 1. The summed E-state index contributed by atoms with van der Waals surface area (Å²) in [5.74, 6) is 2.94. The number of carbonyl (C=O) groups is 1. The zero-order chi connectivity index (χ0) is 18.5. The third-order valence-corrected chi connectivity index (χ3v) is 8.02. The van der Waals surface area contributed by atoms with Crippen molar-refractivity contribution in [3.8, 4) is 0 Å². The maximum Gasteiger partial charge on any atom is 0.251 e. The summed E-state index contributed by atoms with van der Waals surface area (Å²) >= 11 is 0. The van der Waals surface area contributed by atoms with Gasteiger partial charge >= 0.3 is 0 Å². The standard InChI is InChI=1S/C20H28N2O3S/c1-12(2)22-26(24,25)18-5-3-15(4-6-18)20(23)21-19-16-8-13-7-14(10-16)11-17(19)9-13/h3-6,12-14,16-17,19,22H,7-11H2,1-2H3,(H,21,23). The van der Waals surface area contributed by atoms with Crippen molar-refractivity contribution in [3.05, 3.63) is 29.8 Å². The molecule has 0 heterocycles. The van der Waals surface area contributed by atoms with Crippen LogP contribution in [0.15, 0.2) is 29.2 Å². The van der Waals surface area contributed by atoms with E-state index in [9.17, 15) is 13.2 Å². The second kappa shape index (κ2) is 6.64. The summed E-state index contributed by atoms with van der Waals surface area (Å²) in [6, 6.07) is 6.37. The molecule has 1 amide bonds. The zero-order valence-electron chi connectivity index (χ0n) is 15.4. The molecule has 4 aliphatic rings. The van der Waals surface area contributed by atoms with Gasteiger partial charge in [0.2, 0.25) is 10.0 Å². The van der Waals surface area contributed by atoms with Crippen molar-refractivity contribution in [3.63, 3.8) is 0 Å². The summed E-state index contributed by atoms with van der Waals surface area (Å²) in [4.78, 5) is 12.9. The molecule has 5 nitrogen and oxygen atoms in total. The Labute approximate surface area is 156 Å².